The third-order valence-corrected chi connectivity index (χ3v) is 7.36. The van der Waals surface area contributed by atoms with Gasteiger partial charge in [0.1, 0.15) is 18.2 Å². The van der Waals surface area contributed by atoms with E-state index in [0.29, 0.717) is 28.2 Å². The molecule has 4 aromatic rings. The van der Waals surface area contributed by atoms with E-state index in [9.17, 15) is 13.2 Å². The van der Waals surface area contributed by atoms with Crippen LogP contribution in [0.15, 0.2) is 77.7 Å². The first-order chi connectivity index (χ1) is 16.3. The largest absolute Gasteiger partial charge is 0.486 e. The van der Waals surface area contributed by atoms with Crippen molar-refractivity contribution in [2.24, 2.45) is 0 Å². The predicted molar refractivity (Wildman–Crippen MR) is 132 cm³/mol. The summed E-state index contributed by atoms with van der Waals surface area (Å²) in [6.07, 6.45) is 0.895. The number of nitrogens with zero attached hydrogens (tertiary/aromatic N) is 3. The van der Waals surface area contributed by atoms with E-state index in [-0.39, 0.29) is 17.3 Å². The molecule has 3 aromatic carbocycles. The van der Waals surface area contributed by atoms with Crippen molar-refractivity contribution in [3.8, 4) is 5.75 Å². The lowest BCUT2D eigenvalue weighted by Crippen LogP contribution is -2.22. The molecule has 0 atom stereocenters. The molecular weight excluding hydrogens is 450 g/mol. The SMILES string of the molecule is CCCn1c(COc2ccc(C(=O)c3ccccc3)cc2)nc2cc(S(=O)(=O)N(C)C)ccc21. The minimum atomic E-state index is -3.55. The maximum absolute atomic E-state index is 12.6. The fourth-order valence-corrected chi connectivity index (χ4v) is 4.64. The lowest BCUT2D eigenvalue weighted by atomic mass is 10.0. The molecule has 0 aliphatic heterocycles. The van der Waals surface area contributed by atoms with Crippen molar-refractivity contribution in [1.82, 2.24) is 13.9 Å². The van der Waals surface area contributed by atoms with Gasteiger partial charge in [-0.1, -0.05) is 37.3 Å². The van der Waals surface area contributed by atoms with Crippen LogP contribution in [-0.4, -0.2) is 42.2 Å². The minimum absolute atomic E-state index is 0.0413. The van der Waals surface area contributed by atoms with Crippen LogP contribution < -0.4 is 4.74 Å². The topological polar surface area (TPSA) is 81.5 Å². The first-order valence-electron chi connectivity index (χ1n) is 11.1. The summed E-state index contributed by atoms with van der Waals surface area (Å²) in [6, 6.07) is 21.2. The normalized spacial score (nSPS) is 11.8. The smallest absolute Gasteiger partial charge is 0.242 e. The van der Waals surface area contributed by atoms with E-state index < -0.39 is 10.0 Å². The molecule has 0 saturated heterocycles. The van der Waals surface area contributed by atoms with Crippen molar-refractivity contribution in [1.29, 1.82) is 0 Å². The van der Waals surface area contributed by atoms with E-state index in [2.05, 4.69) is 16.5 Å². The number of aromatic nitrogens is 2. The third kappa shape index (κ3) is 4.73. The van der Waals surface area contributed by atoms with Crippen LogP contribution >= 0.6 is 0 Å². The number of aryl methyl sites for hydroxylation is 1. The number of benzene rings is 3. The number of carbonyl (C=O) groups is 1. The molecule has 0 fully saturated rings. The highest BCUT2D eigenvalue weighted by atomic mass is 32.2. The van der Waals surface area contributed by atoms with Crippen LogP contribution in [0.2, 0.25) is 0 Å². The summed E-state index contributed by atoms with van der Waals surface area (Å²) < 4.78 is 34.2. The number of hydrogen-bond acceptors (Lipinski definition) is 5. The molecule has 0 amide bonds. The van der Waals surface area contributed by atoms with Crippen LogP contribution in [0.5, 0.6) is 5.75 Å². The number of ether oxygens (including phenoxy) is 1. The molecule has 1 heterocycles. The molecule has 0 aliphatic carbocycles. The highest BCUT2D eigenvalue weighted by Gasteiger charge is 2.20. The zero-order chi connectivity index (χ0) is 24.3. The average molecular weight is 478 g/mol. The van der Waals surface area contributed by atoms with Crippen LogP contribution in [0.3, 0.4) is 0 Å². The number of rotatable bonds is 9. The van der Waals surface area contributed by atoms with E-state index in [1.807, 2.05) is 18.2 Å². The Morgan fingerprint density at radius 2 is 1.65 bits per heavy atom. The number of fused-ring (bicyclic) bond motifs is 1. The monoisotopic (exact) mass is 477 g/mol. The zero-order valence-corrected chi connectivity index (χ0v) is 20.2. The van der Waals surface area contributed by atoms with Crippen LogP contribution in [0.1, 0.15) is 35.1 Å². The summed E-state index contributed by atoms with van der Waals surface area (Å²) in [4.78, 5) is 17.5. The van der Waals surface area contributed by atoms with E-state index in [1.54, 1.807) is 54.6 Å². The molecule has 0 spiro atoms. The number of carbonyl (C=O) groups excluding carboxylic acids is 1. The van der Waals surface area contributed by atoms with Gasteiger partial charge in [0.15, 0.2) is 5.78 Å². The molecule has 0 bridgehead atoms. The van der Waals surface area contributed by atoms with Crippen molar-refractivity contribution in [2.45, 2.75) is 31.4 Å². The number of sulfonamides is 1. The number of imidazole rings is 1. The average Bonchev–Trinajstić information content (AvgIpc) is 3.20. The second-order valence-electron chi connectivity index (χ2n) is 8.13. The Labute approximate surface area is 199 Å². The maximum atomic E-state index is 12.6. The standard InChI is InChI=1S/C26H27N3O4S/c1-4-16-29-24-15-14-22(34(31,32)28(2)3)17-23(24)27-25(29)18-33-21-12-10-20(11-13-21)26(30)19-8-6-5-7-9-19/h5-15,17H,4,16,18H2,1-3H3. The van der Waals surface area contributed by atoms with Gasteiger partial charge in [0.25, 0.3) is 0 Å². The van der Waals surface area contributed by atoms with Gasteiger partial charge in [-0.25, -0.2) is 17.7 Å². The van der Waals surface area contributed by atoms with Gasteiger partial charge < -0.3 is 9.30 Å². The molecule has 176 valence electrons. The Kier molecular flexibility index (Phi) is 6.81. The summed E-state index contributed by atoms with van der Waals surface area (Å²) in [7, 11) is -0.531. The van der Waals surface area contributed by atoms with Crippen molar-refractivity contribution in [3.05, 3.63) is 89.7 Å². The Hall–Kier alpha value is -3.49. The van der Waals surface area contributed by atoms with Crippen molar-refractivity contribution >= 4 is 26.8 Å². The lowest BCUT2D eigenvalue weighted by Gasteiger charge is -2.11. The van der Waals surface area contributed by atoms with Crippen LogP contribution in [0.25, 0.3) is 11.0 Å². The molecular formula is C26H27N3O4S. The number of ketones is 1. The first kappa shape index (κ1) is 23.7. The van der Waals surface area contributed by atoms with Gasteiger partial charge in [-0.15, -0.1) is 0 Å². The van der Waals surface area contributed by atoms with Gasteiger partial charge in [0.05, 0.1) is 15.9 Å². The van der Waals surface area contributed by atoms with E-state index in [1.165, 1.54) is 18.4 Å². The van der Waals surface area contributed by atoms with Gasteiger partial charge in [0, 0.05) is 31.8 Å². The molecule has 4 rings (SSSR count). The summed E-state index contributed by atoms with van der Waals surface area (Å²) in [5.74, 6) is 1.29. The van der Waals surface area contributed by atoms with E-state index in [0.717, 1.165) is 18.5 Å². The van der Waals surface area contributed by atoms with Crippen LogP contribution in [0, 0.1) is 0 Å². The van der Waals surface area contributed by atoms with Gasteiger partial charge in [-0.3, -0.25) is 4.79 Å². The van der Waals surface area contributed by atoms with Crippen LogP contribution in [-0.2, 0) is 23.2 Å². The van der Waals surface area contributed by atoms with Crippen molar-refractivity contribution in [3.63, 3.8) is 0 Å². The summed E-state index contributed by atoms with van der Waals surface area (Å²) in [6.45, 7) is 3.03. The molecule has 34 heavy (non-hydrogen) atoms. The highest BCUT2D eigenvalue weighted by Crippen LogP contribution is 2.24. The molecule has 0 radical (unpaired) electrons. The summed E-state index contributed by atoms with van der Waals surface area (Å²) in [5.41, 5.74) is 2.70. The Balaban J connectivity index is 1.55. The Bertz CT molecular complexity index is 1410. The molecule has 1 aromatic heterocycles. The highest BCUT2D eigenvalue weighted by molar-refractivity contribution is 7.89. The van der Waals surface area contributed by atoms with E-state index >= 15 is 0 Å². The second kappa shape index (κ2) is 9.79. The van der Waals surface area contributed by atoms with Gasteiger partial charge in [-0.2, -0.15) is 0 Å². The van der Waals surface area contributed by atoms with Gasteiger partial charge >= 0.3 is 0 Å². The Morgan fingerprint density at radius 1 is 0.971 bits per heavy atom. The van der Waals surface area contributed by atoms with Crippen LogP contribution in [0.4, 0.5) is 0 Å². The third-order valence-electron chi connectivity index (χ3n) is 5.54. The Morgan fingerprint density at radius 3 is 2.29 bits per heavy atom. The van der Waals surface area contributed by atoms with Crippen molar-refractivity contribution < 1.29 is 17.9 Å². The quantitative estimate of drug-likeness (QED) is 0.332. The lowest BCUT2D eigenvalue weighted by molar-refractivity contribution is 0.103. The van der Waals surface area contributed by atoms with Gasteiger partial charge in [-0.05, 0) is 48.9 Å². The molecule has 0 saturated carbocycles. The predicted octanol–water partition coefficient (Wildman–Crippen LogP) is 4.51. The molecule has 8 heteroatoms. The summed E-state index contributed by atoms with van der Waals surface area (Å²) >= 11 is 0. The first-order valence-corrected chi connectivity index (χ1v) is 12.5. The molecule has 0 unspecified atom stereocenters. The van der Waals surface area contributed by atoms with Gasteiger partial charge in [0.2, 0.25) is 10.0 Å². The zero-order valence-electron chi connectivity index (χ0n) is 19.4. The maximum Gasteiger partial charge on any atom is 0.242 e. The fourth-order valence-electron chi connectivity index (χ4n) is 3.72. The number of hydrogen-bond donors (Lipinski definition) is 0. The fraction of sp³-hybridized carbons (Fsp3) is 0.231. The van der Waals surface area contributed by atoms with Crippen molar-refractivity contribution in [2.75, 3.05) is 14.1 Å². The molecule has 7 nitrogen and oxygen atoms in total. The summed E-state index contributed by atoms with van der Waals surface area (Å²) in [5, 5.41) is 0. The molecule has 0 N–H and O–H groups in total. The molecule has 0 aliphatic rings. The van der Waals surface area contributed by atoms with E-state index in [4.69, 9.17) is 4.74 Å². The minimum Gasteiger partial charge on any atom is -0.486 e. The second-order valence-corrected chi connectivity index (χ2v) is 10.3.